The van der Waals surface area contributed by atoms with Crippen molar-refractivity contribution >= 4 is 28.8 Å². The monoisotopic (exact) mass is 494 g/mol. The third-order valence-corrected chi connectivity index (χ3v) is 5.90. The highest BCUT2D eigenvalue weighted by molar-refractivity contribution is 6.07. The Kier molecular flexibility index (Phi) is 8.53. The number of benzene rings is 2. The number of allylic oxidation sites excluding steroid dienone is 1. The van der Waals surface area contributed by atoms with Crippen molar-refractivity contribution in [2.75, 3.05) is 27.9 Å². The molecule has 0 saturated carbocycles. The van der Waals surface area contributed by atoms with Gasteiger partial charge in [0.1, 0.15) is 11.1 Å². The lowest BCUT2D eigenvalue weighted by Crippen LogP contribution is -2.16. The van der Waals surface area contributed by atoms with Crippen molar-refractivity contribution < 1.29 is 33.0 Å². The van der Waals surface area contributed by atoms with E-state index in [9.17, 15) is 14.4 Å². The van der Waals surface area contributed by atoms with Crippen LogP contribution in [0.3, 0.4) is 0 Å². The van der Waals surface area contributed by atoms with Crippen LogP contribution in [0.4, 0.5) is 0 Å². The molecule has 0 saturated heterocycles. The van der Waals surface area contributed by atoms with Crippen molar-refractivity contribution in [1.82, 2.24) is 0 Å². The van der Waals surface area contributed by atoms with Gasteiger partial charge >= 0.3 is 11.6 Å². The van der Waals surface area contributed by atoms with Crippen LogP contribution in [0, 0.1) is 0 Å². The molecule has 0 N–H and O–H groups in total. The number of rotatable bonds is 10. The minimum absolute atomic E-state index is 0.0725. The highest BCUT2D eigenvalue weighted by Gasteiger charge is 2.19. The van der Waals surface area contributed by atoms with Crippen LogP contribution in [0.25, 0.3) is 17.0 Å². The van der Waals surface area contributed by atoms with Crippen LogP contribution in [0.15, 0.2) is 45.6 Å². The van der Waals surface area contributed by atoms with Gasteiger partial charge in [0, 0.05) is 10.9 Å². The number of carbonyl (C=O) groups is 2. The summed E-state index contributed by atoms with van der Waals surface area (Å²) in [7, 11) is 4.46. The lowest BCUT2D eigenvalue weighted by Gasteiger charge is -2.14. The van der Waals surface area contributed by atoms with Crippen LogP contribution < -0.4 is 19.8 Å². The fourth-order valence-electron chi connectivity index (χ4n) is 3.81. The van der Waals surface area contributed by atoms with Crippen LogP contribution in [0.5, 0.6) is 17.2 Å². The molecule has 1 aromatic heterocycles. The van der Waals surface area contributed by atoms with Crippen molar-refractivity contribution in [2.45, 2.75) is 33.1 Å². The summed E-state index contributed by atoms with van der Waals surface area (Å²) in [5, 5.41) is 0.565. The summed E-state index contributed by atoms with van der Waals surface area (Å²) >= 11 is 0. The van der Waals surface area contributed by atoms with Crippen LogP contribution in [0.1, 0.15) is 65.0 Å². The Balaban J connectivity index is 2.08. The van der Waals surface area contributed by atoms with Crippen LogP contribution in [-0.4, -0.2) is 39.7 Å². The van der Waals surface area contributed by atoms with Gasteiger partial charge in [0.2, 0.25) is 5.75 Å². The normalized spacial score (nSPS) is 11.9. The molecule has 0 aliphatic carbocycles. The second-order valence-electron chi connectivity index (χ2n) is 8.12. The predicted octanol–water partition coefficient (Wildman–Crippen LogP) is 5.41. The number of methoxy groups -OCH3 is 3. The average Bonchev–Trinajstić information content (AvgIpc) is 2.89. The van der Waals surface area contributed by atoms with Gasteiger partial charge in [-0.1, -0.05) is 19.9 Å². The molecule has 0 aliphatic rings. The van der Waals surface area contributed by atoms with Crippen molar-refractivity contribution in [3.63, 3.8) is 0 Å². The summed E-state index contributed by atoms with van der Waals surface area (Å²) in [5.74, 6) is 0.207. The van der Waals surface area contributed by atoms with Gasteiger partial charge in [0.05, 0.1) is 27.9 Å². The first-order chi connectivity index (χ1) is 17.3. The SMILES string of the molecule is CCOC(=O)c1cc2cc(/C=C/C(=O)c3cc(OC)c(OC)c(OC)c3)cc(C(C)CC)c2oc1=O. The minimum Gasteiger partial charge on any atom is -0.493 e. The van der Waals surface area contributed by atoms with E-state index in [2.05, 4.69) is 0 Å². The maximum absolute atomic E-state index is 13.0. The van der Waals surface area contributed by atoms with E-state index >= 15 is 0 Å². The third kappa shape index (κ3) is 5.43. The molecule has 0 radical (unpaired) electrons. The first-order valence-electron chi connectivity index (χ1n) is 11.6. The standard InChI is InChI=1S/C28H30O8/c1-7-16(3)20-12-17(11-19-13-21(27(30)35-8-2)28(31)36-25(19)20)9-10-22(29)18-14-23(32-4)26(34-6)24(15-18)33-5/h9-16H,7-8H2,1-6H3/b10-9+. The van der Waals surface area contributed by atoms with Crippen molar-refractivity contribution in [1.29, 1.82) is 0 Å². The summed E-state index contributed by atoms with van der Waals surface area (Å²) in [6.45, 7) is 5.84. The van der Waals surface area contributed by atoms with Gasteiger partial charge in [0.25, 0.3) is 0 Å². The lowest BCUT2D eigenvalue weighted by atomic mass is 9.93. The molecular weight excluding hydrogens is 464 g/mol. The van der Waals surface area contributed by atoms with Gasteiger partial charge in [-0.25, -0.2) is 9.59 Å². The van der Waals surface area contributed by atoms with Crippen LogP contribution in [0.2, 0.25) is 0 Å². The summed E-state index contributed by atoms with van der Waals surface area (Å²) in [4.78, 5) is 37.7. The number of ether oxygens (including phenoxy) is 4. The van der Waals surface area contributed by atoms with Gasteiger partial charge in [-0.2, -0.15) is 0 Å². The number of ketones is 1. The molecule has 2 aromatic carbocycles. The maximum Gasteiger partial charge on any atom is 0.351 e. The largest absolute Gasteiger partial charge is 0.493 e. The number of fused-ring (bicyclic) bond motifs is 1. The summed E-state index contributed by atoms with van der Waals surface area (Å²) < 4.78 is 26.5. The second-order valence-corrected chi connectivity index (χ2v) is 8.12. The molecule has 0 amide bonds. The van der Waals surface area contributed by atoms with E-state index in [0.29, 0.717) is 39.3 Å². The Morgan fingerprint density at radius 1 is 0.972 bits per heavy atom. The molecule has 0 aliphatic heterocycles. The number of hydrogen-bond acceptors (Lipinski definition) is 8. The molecule has 1 atom stereocenters. The van der Waals surface area contributed by atoms with E-state index in [4.69, 9.17) is 23.4 Å². The van der Waals surface area contributed by atoms with Gasteiger partial charge in [0.15, 0.2) is 17.3 Å². The fourth-order valence-corrected chi connectivity index (χ4v) is 3.81. The molecule has 36 heavy (non-hydrogen) atoms. The molecule has 0 bridgehead atoms. The Morgan fingerprint density at radius 3 is 2.19 bits per heavy atom. The zero-order valence-electron chi connectivity index (χ0n) is 21.3. The van der Waals surface area contributed by atoms with E-state index in [1.165, 1.54) is 33.5 Å². The predicted molar refractivity (Wildman–Crippen MR) is 137 cm³/mol. The van der Waals surface area contributed by atoms with Crippen LogP contribution in [-0.2, 0) is 4.74 Å². The lowest BCUT2D eigenvalue weighted by molar-refractivity contribution is 0.0521. The maximum atomic E-state index is 13.0. The smallest absolute Gasteiger partial charge is 0.351 e. The molecule has 8 nitrogen and oxygen atoms in total. The fraction of sp³-hybridized carbons (Fsp3) is 0.321. The van der Waals surface area contributed by atoms with E-state index < -0.39 is 11.6 Å². The van der Waals surface area contributed by atoms with E-state index in [1.807, 2.05) is 19.9 Å². The minimum atomic E-state index is -0.744. The highest BCUT2D eigenvalue weighted by Crippen LogP contribution is 2.38. The second kappa shape index (κ2) is 11.6. The first-order valence-corrected chi connectivity index (χ1v) is 11.6. The zero-order chi connectivity index (χ0) is 26.4. The molecule has 3 rings (SSSR count). The molecule has 190 valence electrons. The molecule has 3 aromatic rings. The molecule has 1 unspecified atom stereocenters. The van der Waals surface area contributed by atoms with E-state index in [0.717, 1.165) is 12.0 Å². The van der Waals surface area contributed by atoms with Crippen LogP contribution >= 0.6 is 0 Å². The van der Waals surface area contributed by atoms with Gasteiger partial charge in [-0.15, -0.1) is 0 Å². The van der Waals surface area contributed by atoms with Crippen molar-refractivity contribution in [3.8, 4) is 17.2 Å². The zero-order valence-corrected chi connectivity index (χ0v) is 21.3. The Labute approximate surface area is 209 Å². The summed E-state index contributed by atoms with van der Waals surface area (Å²) in [6.07, 6.45) is 3.91. The molecule has 0 spiro atoms. The Bertz CT molecular complexity index is 1340. The third-order valence-electron chi connectivity index (χ3n) is 5.90. The van der Waals surface area contributed by atoms with E-state index in [1.54, 1.807) is 31.2 Å². The van der Waals surface area contributed by atoms with Gasteiger partial charge in [-0.05, 0) is 66.8 Å². The topological polar surface area (TPSA) is 101 Å². The summed E-state index contributed by atoms with van der Waals surface area (Å²) in [5.41, 5.74) is 1.37. The average molecular weight is 495 g/mol. The van der Waals surface area contributed by atoms with Gasteiger partial charge in [-0.3, -0.25) is 4.79 Å². The van der Waals surface area contributed by atoms with Crippen molar-refractivity contribution in [2.24, 2.45) is 0 Å². The number of carbonyl (C=O) groups excluding carboxylic acids is 2. The molecule has 0 fully saturated rings. The molecular formula is C28H30O8. The van der Waals surface area contributed by atoms with Gasteiger partial charge < -0.3 is 23.4 Å². The molecule has 1 heterocycles. The highest BCUT2D eigenvalue weighted by atomic mass is 16.5. The Morgan fingerprint density at radius 2 is 1.64 bits per heavy atom. The van der Waals surface area contributed by atoms with Crippen molar-refractivity contribution in [3.05, 3.63) is 69.1 Å². The first kappa shape index (κ1) is 26.5. The number of hydrogen-bond donors (Lipinski definition) is 0. The summed E-state index contributed by atoms with van der Waals surface area (Å²) in [6, 6.07) is 8.27. The van der Waals surface area contributed by atoms with E-state index in [-0.39, 0.29) is 23.9 Å². The molecule has 8 heteroatoms. The Hall–Kier alpha value is -4.07. The number of esters is 1. The quantitative estimate of drug-likeness (QED) is 0.160.